The minimum absolute atomic E-state index is 0.0861. The minimum atomic E-state index is -0.587. The molecule has 20 heavy (non-hydrogen) atoms. The number of rotatable bonds is 0. The smallest absolute Gasteiger partial charge is 0.332 e. The van der Waals surface area contributed by atoms with E-state index in [-0.39, 0.29) is 27.3 Å². The Bertz CT molecular complexity index is 384. The summed E-state index contributed by atoms with van der Waals surface area (Å²) in [6, 6.07) is 0. The highest BCUT2D eigenvalue weighted by Crippen LogP contribution is 2.47. The fourth-order valence-corrected chi connectivity index (χ4v) is 4.46. The molecule has 1 spiro atoms. The summed E-state index contributed by atoms with van der Waals surface area (Å²) < 4.78 is 0. The van der Waals surface area contributed by atoms with Gasteiger partial charge in [-0.15, -0.1) is 0 Å². The van der Waals surface area contributed by atoms with Crippen LogP contribution in [0, 0.1) is 16.0 Å². The highest BCUT2D eigenvalue weighted by molar-refractivity contribution is 5.80. The number of hydrogen-bond acceptors (Lipinski definition) is 3. The maximum atomic E-state index is 12.5. The van der Waals surface area contributed by atoms with E-state index >= 15 is 0 Å². The third-order valence-electron chi connectivity index (χ3n) is 5.58. The second kappa shape index (κ2) is 4.52. The van der Waals surface area contributed by atoms with E-state index < -0.39 is 5.54 Å². The maximum absolute atomic E-state index is 12.5. The topological polar surface area (TPSA) is 56.6 Å². The molecule has 1 saturated carbocycles. The number of carbonyl (C=O) groups excluding carboxylic acids is 1. The molecule has 0 aromatic carbocycles. The van der Waals surface area contributed by atoms with Gasteiger partial charge in [0, 0.05) is 0 Å². The second-order valence-corrected chi connectivity index (χ2v) is 8.75. The summed E-state index contributed by atoms with van der Waals surface area (Å²) in [4.78, 5) is 12.5. The molecule has 1 aliphatic heterocycles. The zero-order valence-electron chi connectivity index (χ0n) is 13.9. The molecular formula is C16H30N2O2. The average molecular weight is 282 g/mol. The van der Waals surface area contributed by atoms with Gasteiger partial charge in [-0.25, -0.2) is 4.79 Å². The standard InChI is InChI=1S/C16H30N2O2/c1-13(2,3)16(14(4,5)6)11-18(20)12(19)15(17-16)9-7-8-10-15/h17-18H,7-11H2,1-6H3. The summed E-state index contributed by atoms with van der Waals surface area (Å²) in [5.74, 6) is -0.167. The largest absolute Gasteiger partial charge is 0.627 e. The van der Waals surface area contributed by atoms with Crippen molar-refractivity contribution in [2.75, 3.05) is 6.54 Å². The van der Waals surface area contributed by atoms with E-state index in [4.69, 9.17) is 0 Å². The van der Waals surface area contributed by atoms with Gasteiger partial charge in [-0.2, -0.15) is 0 Å². The Labute approximate surface area is 122 Å². The first-order valence-corrected chi connectivity index (χ1v) is 7.82. The Kier molecular flexibility index (Phi) is 3.60. The third-order valence-corrected chi connectivity index (χ3v) is 5.58. The molecule has 4 heteroatoms. The molecule has 1 unspecified atom stereocenters. The van der Waals surface area contributed by atoms with Crippen molar-refractivity contribution in [3.05, 3.63) is 5.21 Å². The molecule has 1 amide bonds. The van der Waals surface area contributed by atoms with Crippen LogP contribution in [-0.2, 0) is 4.79 Å². The van der Waals surface area contributed by atoms with Crippen LogP contribution in [0.2, 0.25) is 0 Å². The number of piperazine rings is 1. The van der Waals surface area contributed by atoms with E-state index in [0.29, 0.717) is 6.54 Å². The highest BCUT2D eigenvalue weighted by atomic mass is 16.5. The first-order valence-electron chi connectivity index (χ1n) is 7.82. The van der Waals surface area contributed by atoms with Gasteiger partial charge in [-0.05, 0) is 23.7 Å². The van der Waals surface area contributed by atoms with E-state index in [1.807, 2.05) is 0 Å². The molecule has 4 nitrogen and oxygen atoms in total. The molecule has 2 rings (SSSR count). The predicted molar refractivity (Wildman–Crippen MR) is 80.2 cm³/mol. The zero-order chi connectivity index (χ0) is 15.4. The number of amides is 1. The van der Waals surface area contributed by atoms with Crippen LogP contribution in [0.4, 0.5) is 0 Å². The molecule has 1 saturated heterocycles. The van der Waals surface area contributed by atoms with Crippen molar-refractivity contribution in [3.63, 3.8) is 0 Å². The predicted octanol–water partition coefficient (Wildman–Crippen LogP) is 1.64. The van der Waals surface area contributed by atoms with Crippen molar-refractivity contribution in [1.82, 2.24) is 5.32 Å². The van der Waals surface area contributed by atoms with Crippen molar-refractivity contribution >= 4 is 5.91 Å². The van der Waals surface area contributed by atoms with Gasteiger partial charge in [0.2, 0.25) is 0 Å². The summed E-state index contributed by atoms with van der Waals surface area (Å²) in [6.45, 7) is 13.4. The third kappa shape index (κ3) is 2.13. The SMILES string of the molecule is CC(C)(C)C1(C(C)(C)C)C[NH+]([O-])C(=O)C2(CCCC2)N1. The monoisotopic (exact) mass is 282 g/mol. The number of hydrogen-bond donors (Lipinski definition) is 2. The molecule has 2 aliphatic rings. The van der Waals surface area contributed by atoms with Crippen LogP contribution >= 0.6 is 0 Å². The molecule has 1 aliphatic carbocycles. The van der Waals surface area contributed by atoms with Gasteiger partial charge in [0.25, 0.3) is 0 Å². The Morgan fingerprint density at radius 3 is 1.90 bits per heavy atom. The van der Waals surface area contributed by atoms with Gasteiger partial charge in [-0.1, -0.05) is 54.4 Å². The van der Waals surface area contributed by atoms with Crippen molar-refractivity contribution < 1.29 is 9.86 Å². The first-order chi connectivity index (χ1) is 8.95. The van der Waals surface area contributed by atoms with Crippen molar-refractivity contribution in [2.45, 2.75) is 78.3 Å². The molecule has 0 bridgehead atoms. The lowest BCUT2D eigenvalue weighted by Gasteiger charge is -2.60. The Hall–Kier alpha value is -0.450. The molecule has 116 valence electrons. The van der Waals surface area contributed by atoms with E-state index in [9.17, 15) is 10.0 Å². The number of nitrogens with one attached hydrogen (secondary N) is 2. The van der Waals surface area contributed by atoms with E-state index in [1.165, 1.54) is 0 Å². The van der Waals surface area contributed by atoms with Gasteiger partial charge < -0.3 is 10.3 Å². The van der Waals surface area contributed by atoms with Gasteiger partial charge in [0.1, 0.15) is 12.1 Å². The molecule has 0 radical (unpaired) electrons. The summed E-state index contributed by atoms with van der Waals surface area (Å²) >= 11 is 0. The summed E-state index contributed by atoms with van der Waals surface area (Å²) in [5, 5.41) is 16.0. The second-order valence-electron chi connectivity index (χ2n) is 8.75. The summed E-state index contributed by atoms with van der Waals surface area (Å²) in [7, 11) is 0. The van der Waals surface area contributed by atoms with E-state index in [0.717, 1.165) is 25.7 Å². The molecule has 2 fully saturated rings. The van der Waals surface area contributed by atoms with Crippen LogP contribution < -0.4 is 10.4 Å². The van der Waals surface area contributed by atoms with Crippen LogP contribution in [0.15, 0.2) is 0 Å². The van der Waals surface area contributed by atoms with Crippen molar-refractivity contribution in [3.8, 4) is 0 Å². The minimum Gasteiger partial charge on any atom is -0.627 e. The Morgan fingerprint density at radius 1 is 1.05 bits per heavy atom. The van der Waals surface area contributed by atoms with Crippen LogP contribution in [0.25, 0.3) is 0 Å². The average Bonchev–Trinajstić information content (AvgIpc) is 2.71. The molecular weight excluding hydrogens is 252 g/mol. The molecule has 0 aromatic rings. The quantitative estimate of drug-likeness (QED) is 0.664. The first kappa shape index (κ1) is 15.9. The normalized spacial score (nSPS) is 29.9. The van der Waals surface area contributed by atoms with E-state index in [1.54, 1.807) is 0 Å². The summed E-state index contributed by atoms with van der Waals surface area (Å²) in [6.07, 6.45) is 3.70. The molecule has 1 heterocycles. The fraction of sp³-hybridized carbons (Fsp3) is 0.938. The lowest BCUT2D eigenvalue weighted by molar-refractivity contribution is -0.782. The highest BCUT2D eigenvalue weighted by Gasteiger charge is 2.63. The molecule has 1 atom stereocenters. The van der Waals surface area contributed by atoms with Gasteiger partial charge >= 0.3 is 5.91 Å². The maximum Gasteiger partial charge on any atom is 0.332 e. The molecule has 2 N–H and O–H groups in total. The number of carbonyl (C=O) groups is 1. The van der Waals surface area contributed by atoms with Crippen LogP contribution in [0.3, 0.4) is 0 Å². The van der Waals surface area contributed by atoms with Gasteiger partial charge in [0.15, 0.2) is 0 Å². The van der Waals surface area contributed by atoms with Crippen LogP contribution in [-0.4, -0.2) is 23.5 Å². The van der Waals surface area contributed by atoms with Crippen molar-refractivity contribution in [1.29, 1.82) is 0 Å². The number of hydroxylamine groups is 2. The Morgan fingerprint density at radius 2 is 1.50 bits per heavy atom. The lowest BCUT2D eigenvalue weighted by Crippen LogP contribution is -3.19. The van der Waals surface area contributed by atoms with Crippen LogP contribution in [0.5, 0.6) is 0 Å². The lowest BCUT2D eigenvalue weighted by atomic mass is 9.58. The van der Waals surface area contributed by atoms with Gasteiger partial charge in [-0.3, -0.25) is 5.32 Å². The van der Waals surface area contributed by atoms with Crippen LogP contribution in [0.1, 0.15) is 67.2 Å². The van der Waals surface area contributed by atoms with Gasteiger partial charge in [0.05, 0.1) is 5.54 Å². The zero-order valence-corrected chi connectivity index (χ0v) is 13.9. The van der Waals surface area contributed by atoms with E-state index in [2.05, 4.69) is 46.9 Å². The Balaban J connectivity index is 2.52. The fourth-order valence-electron chi connectivity index (χ4n) is 4.46. The van der Waals surface area contributed by atoms with Crippen molar-refractivity contribution in [2.24, 2.45) is 10.8 Å². The molecule has 0 aromatic heterocycles. The number of quaternary nitrogens is 1. The summed E-state index contributed by atoms with van der Waals surface area (Å²) in [5.41, 5.74) is -1.10.